The zero-order chi connectivity index (χ0) is 13.1. The molecule has 1 saturated carbocycles. The topological polar surface area (TPSA) is 32.3 Å². The van der Waals surface area contributed by atoms with Gasteiger partial charge < -0.3 is 10.4 Å². The second kappa shape index (κ2) is 5.81. The first-order valence-electron chi connectivity index (χ1n) is 6.74. The van der Waals surface area contributed by atoms with Crippen LogP contribution < -0.4 is 5.32 Å². The molecule has 0 heterocycles. The lowest BCUT2D eigenvalue weighted by Gasteiger charge is -2.38. The van der Waals surface area contributed by atoms with Crippen molar-refractivity contribution in [3.63, 3.8) is 0 Å². The lowest BCUT2D eigenvalue weighted by Crippen LogP contribution is -2.45. The zero-order valence-electron chi connectivity index (χ0n) is 11.1. The lowest BCUT2D eigenvalue weighted by atomic mass is 9.75. The molecule has 2 atom stereocenters. The molecular weight excluding hydrogens is 229 g/mol. The number of halogens is 1. The first-order valence-corrected chi connectivity index (χ1v) is 6.74. The molecule has 0 bridgehead atoms. The molecular formula is C15H22FNO. The third-order valence-electron chi connectivity index (χ3n) is 3.70. The molecule has 2 rings (SSSR count). The Hall–Kier alpha value is -0.930. The highest BCUT2D eigenvalue weighted by Gasteiger charge is 2.32. The van der Waals surface area contributed by atoms with Gasteiger partial charge >= 0.3 is 0 Å². The number of rotatable bonds is 5. The minimum absolute atomic E-state index is 0.0852. The van der Waals surface area contributed by atoms with Crippen LogP contribution in [0.25, 0.3) is 0 Å². The van der Waals surface area contributed by atoms with Crippen LogP contribution in [0.15, 0.2) is 24.3 Å². The van der Waals surface area contributed by atoms with Crippen LogP contribution in [0.3, 0.4) is 0 Å². The van der Waals surface area contributed by atoms with Crippen molar-refractivity contribution < 1.29 is 9.50 Å². The molecule has 100 valence electrons. The van der Waals surface area contributed by atoms with Crippen molar-refractivity contribution in [1.29, 1.82) is 0 Å². The van der Waals surface area contributed by atoms with E-state index in [1.54, 1.807) is 13.0 Å². The standard InChI is InChI=1S/C15H22FNO/c1-10(7-11(2)18)17-13-8-12(9-13)14-5-3-4-6-15(14)16/h3-6,10-13,17-18H,7-9H2,1-2H3. The van der Waals surface area contributed by atoms with E-state index in [0.717, 1.165) is 24.8 Å². The molecule has 0 amide bonds. The summed E-state index contributed by atoms with van der Waals surface area (Å²) in [6.07, 6.45) is 2.48. The summed E-state index contributed by atoms with van der Waals surface area (Å²) in [5.74, 6) is 0.264. The Morgan fingerprint density at radius 1 is 1.33 bits per heavy atom. The van der Waals surface area contributed by atoms with Crippen molar-refractivity contribution in [3.8, 4) is 0 Å². The van der Waals surface area contributed by atoms with E-state index < -0.39 is 0 Å². The molecule has 0 aromatic heterocycles. The fourth-order valence-electron chi connectivity index (χ4n) is 2.80. The highest BCUT2D eigenvalue weighted by Crippen LogP contribution is 2.38. The third-order valence-corrected chi connectivity index (χ3v) is 3.70. The molecule has 1 aliphatic rings. The fourth-order valence-corrected chi connectivity index (χ4v) is 2.80. The van der Waals surface area contributed by atoms with Crippen LogP contribution in [-0.2, 0) is 0 Å². The summed E-state index contributed by atoms with van der Waals surface area (Å²) in [6, 6.07) is 7.83. The second-order valence-electron chi connectivity index (χ2n) is 5.54. The van der Waals surface area contributed by atoms with E-state index in [9.17, 15) is 9.50 Å². The van der Waals surface area contributed by atoms with Crippen LogP contribution >= 0.6 is 0 Å². The average Bonchev–Trinajstić information content (AvgIpc) is 2.23. The van der Waals surface area contributed by atoms with Crippen LogP contribution in [0.5, 0.6) is 0 Å². The van der Waals surface area contributed by atoms with Gasteiger partial charge in [-0.25, -0.2) is 4.39 Å². The predicted octanol–water partition coefficient (Wildman–Crippen LogP) is 2.82. The van der Waals surface area contributed by atoms with Crippen molar-refractivity contribution in [2.24, 2.45) is 0 Å². The number of benzene rings is 1. The Kier molecular flexibility index (Phi) is 4.36. The Morgan fingerprint density at radius 3 is 2.61 bits per heavy atom. The minimum atomic E-state index is -0.269. The minimum Gasteiger partial charge on any atom is -0.393 e. The van der Waals surface area contributed by atoms with Gasteiger partial charge in [-0.3, -0.25) is 0 Å². The van der Waals surface area contributed by atoms with Crippen LogP contribution in [0.4, 0.5) is 4.39 Å². The average molecular weight is 251 g/mol. The quantitative estimate of drug-likeness (QED) is 0.843. The van der Waals surface area contributed by atoms with Gasteiger partial charge in [0.2, 0.25) is 0 Å². The van der Waals surface area contributed by atoms with Crippen LogP contribution in [0.1, 0.15) is 44.6 Å². The highest BCUT2D eigenvalue weighted by molar-refractivity contribution is 5.24. The molecule has 1 aromatic rings. The summed E-state index contributed by atoms with van der Waals surface area (Å²) in [5, 5.41) is 12.8. The number of nitrogens with one attached hydrogen (secondary N) is 1. The molecule has 2 N–H and O–H groups in total. The largest absolute Gasteiger partial charge is 0.393 e. The van der Waals surface area contributed by atoms with Gasteiger partial charge in [-0.15, -0.1) is 0 Å². The molecule has 18 heavy (non-hydrogen) atoms. The van der Waals surface area contributed by atoms with Gasteiger partial charge in [0.25, 0.3) is 0 Å². The van der Waals surface area contributed by atoms with Gasteiger partial charge in [0.05, 0.1) is 6.10 Å². The summed E-state index contributed by atoms with van der Waals surface area (Å²) in [5.41, 5.74) is 0.846. The Morgan fingerprint density at radius 2 is 2.00 bits per heavy atom. The summed E-state index contributed by atoms with van der Waals surface area (Å²) < 4.78 is 13.6. The monoisotopic (exact) mass is 251 g/mol. The van der Waals surface area contributed by atoms with Crippen LogP contribution in [-0.4, -0.2) is 23.3 Å². The number of aliphatic hydroxyl groups excluding tert-OH is 1. The Labute approximate surface area is 108 Å². The maximum absolute atomic E-state index is 13.6. The summed E-state index contributed by atoms with van der Waals surface area (Å²) in [6.45, 7) is 3.89. The summed E-state index contributed by atoms with van der Waals surface area (Å²) in [4.78, 5) is 0. The first kappa shape index (κ1) is 13.5. The van der Waals surface area contributed by atoms with E-state index >= 15 is 0 Å². The van der Waals surface area contributed by atoms with Crippen LogP contribution in [0, 0.1) is 5.82 Å². The molecule has 2 unspecified atom stereocenters. The zero-order valence-corrected chi connectivity index (χ0v) is 11.1. The lowest BCUT2D eigenvalue weighted by molar-refractivity contribution is 0.159. The molecule has 0 spiro atoms. The Bertz CT molecular complexity index is 388. The number of aliphatic hydroxyl groups is 1. The van der Waals surface area contributed by atoms with Gasteiger partial charge in [0, 0.05) is 12.1 Å². The second-order valence-corrected chi connectivity index (χ2v) is 5.54. The smallest absolute Gasteiger partial charge is 0.126 e. The Balaban J connectivity index is 1.79. The van der Waals surface area contributed by atoms with Crippen molar-refractivity contribution in [2.75, 3.05) is 0 Å². The molecule has 0 aliphatic heterocycles. The molecule has 0 radical (unpaired) electrons. The van der Waals surface area contributed by atoms with Crippen molar-refractivity contribution in [3.05, 3.63) is 35.6 Å². The molecule has 1 aliphatic carbocycles. The maximum atomic E-state index is 13.6. The fraction of sp³-hybridized carbons (Fsp3) is 0.600. The molecule has 0 saturated heterocycles. The van der Waals surface area contributed by atoms with Crippen molar-refractivity contribution in [2.45, 2.75) is 57.2 Å². The summed E-state index contributed by atoms with van der Waals surface area (Å²) >= 11 is 0. The number of hydrogen-bond acceptors (Lipinski definition) is 2. The summed E-state index contributed by atoms with van der Waals surface area (Å²) in [7, 11) is 0. The van der Waals surface area contributed by atoms with E-state index in [0.29, 0.717) is 18.0 Å². The van der Waals surface area contributed by atoms with E-state index in [4.69, 9.17) is 0 Å². The van der Waals surface area contributed by atoms with Crippen molar-refractivity contribution >= 4 is 0 Å². The van der Waals surface area contributed by atoms with Gasteiger partial charge in [-0.05, 0) is 50.7 Å². The molecule has 1 fully saturated rings. The van der Waals surface area contributed by atoms with E-state index in [1.165, 1.54) is 6.07 Å². The highest BCUT2D eigenvalue weighted by atomic mass is 19.1. The van der Waals surface area contributed by atoms with Crippen molar-refractivity contribution in [1.82, 2.24) is 5.32 Å². The van der Waals surface area contributed by atoms with E-state index in [1.807, 2.05) is 12.1 Å². The van der Waals surface area contributed by atoms with Gasteiger partial charge in [0.15, 0.2) is 0 Å². The SMILES string of the molecule is CC(O)CC(C)NC1CC(c2ccccc2F)C1. The molecule has 2 nitrogen and oxygen atoms in total. The van der Waals surface area contributed by atoms with Crippen LogP contribution in [0.2, 0.25) is 0 Å². The number of hydrogen-bond donors (Lipinski definition) is 2. The predicted molar refractivity (Wildman–Crippen MR) is 71.1 cm³/mol. The van der Waals surface area contributed by atoms with E-state index in [-0.39, 0.29) is 11.9 Å². The first-order chi connectivity index (χ1) is 8.56. The third kappa shape index (κ3) is 3.30. The van der Waals surface area contributed by atoms with E-state index in [2.05, 4.69) is 12.2 Å². The molecule has 3 heteroatoms. The van der Waals surface area contributed by atoms with Gasteiger partial charge in [-0.1, -0.05) is 18.2 Å². The van der Waals surface area contributed by atoms with Gasteiger partial charge in [0.1, 0.15) is 5.82 Å². The normalized spacial score (nSPS) is 26.4. The van der Waals surface area contributed by atoms with Gasteiger partial charge in [-0.2, -0.15) is 0 Å². The molecule has 1 aromatic carbocycles. The maximum Gasteiger partial charge on any atom is 0.126 e.